The second kappa shape index (κ2) is 7.83. The van der Waals surface area contributed by atoms with Crippen molar-refractivity contribution < 1.29 is 9.76 Å². The molecule has 0 fully saturated rings. The number of benzene rings is 4. The van der Waals surface area contributed by atoms with Gasteiger partial charge in [0.05, 0.1) is 11.2 Å². The van der Waals surface area contributed by atoms with Crippen LogP contribution in [0.25, 0.3) is 33.0 Å². The van der Waals surface area contributed by atoms with E-state index in [-0.39, 0.29) is 5.41 Å². The molecule has 4 aromatic carbocycles. The summed E-state index contributed by atoms with van der Waals surface area (Å²) < 4.78 is 6.25. The van der Waals surface area contributed by atoms with E-state index in [4.69, 9.17) is 4.65 Å². The average molecular weight is 447 g/mol. The molecular formula is C31H32BO2. The van der Waals surface area contributed by atoms with Crippen LogP contribution >= 0.6 is 0 Å². The first-order valence-electron chi connectivity index (χ1n) is 12.0. The third-order valence-electron chi connectivity index (χ3n) is 7.79. The number of hydrogen-bond acceptors (Lipinski definition) is 2. The lowest BCUT2D eigenvalue weighted by Gasteiger charge is -2.37. The van der Waals surface area contributed by atoms with Crippen LogP contribution in [0.2, 0.25) is 0 Å². The third-order valence-corrected chi connectivity index (χ3v) is 7.79. The fraction of sp³-hybridized carbons (Fsp3) is 0.290. The predicted molar refractivity (Wildman–Crippen MR) is 144 cm³/mol. The van der Waals surface area contributed by atoms with E-state index < -0.39 is 11.2 Å². The zero-order valence-corrected chi connectivity index (χ0v) is 20.9. The molecule has 0 amide bonds. The van der Waals surface area contributed by atoms with E-state index in [9.17, 15) is 5.11 Å². The van der Waals surface area contributed by atoms with Crippen LogP contribution in [0.5, 0.6) is 0 Å². The van der Waals surface area contributed by atoms with Gasteiger partial charge in [-0.3, -0.25) is 0 Å². The monoisotopic (exact) mass is 447 g/mol. The summed E-state index contributed by atoms with van der Waals surface area (Å²) in [6, 6.07) is 28.2. The highest BCUT2D eigenvalue weighted by Crippen LogP contribution is 2.52. The molecule has 0 heterocycles. The molecule has 2 nitrogen and oxygen atoms in total. The maximum absolute atomic E-state index is 10.6. The van der Waals surface area contributed by atoms with Crippen LogP contribution < -0.4 is 5.46 Å². The third kappa shape index (κ3) is 3.50. The molecule has 0 unspecified atom stereocenters. The van der Waals surface area contributed by atoms with E-state index in [1.807, 2.05) is 21.3 Å². The van der Waals surface area contributed by atoms with Gasteiger partial charge < -0.3 is 9.76 Å². The molecular weight excluding hydrogens is 415 g/mol. The zero-order valence-electron chi connectivity index (χ0n) is 20.9. The summed E-state index contributed by atoms with van der Waals surface area (Å²) in [5, 5.41) is 13.0. The molecule has 0 atom stereocenters. The van der Waals surface area contributed by atoms with Crippen molar-refractivity contribution in [1.29, 1.82) is 0 Å². The molecule has 4 aromatic rings. The summed E-state index contributed by atoms with van der Waals surface area (Å²) in [7, 11) is 1.82. The van der Waals surface area contributed by atoms with Crippen LogP contribution in [0.3, 0.4) is 0 Å². The van der Waals surface area contributed by atoms with Crippen LogP contribution in [-0.4, -0.2) is 23.8 Å². The average Bonchev–Trinajstić information content (AvgIpc) is 3.04. The lowest BCUT2D eigenvalue weighted by Crippen LogP contribution is -2.49. The first-order chi connectivity index (χ1) is 16.0. The Hall–Kier alpha value is -2.88. The van der Waals surface area contributed by atoms with Gasteiger partial charge in [0.25, 0.3) is 0 Å². The lowest BCUT2D eigenvalue weighted by atomic mass is 9.75. The van der Waals surface area contributed by atoms with Crippen LogP contribution in [0.1, 0.15) is 52.7 Å². The number of aliphatic hydroxyl groups is 1. The molecule has 0 saturated carbocycles. The van der Waals surface area contributed by atoms with Crippen molar-refractivity contribution in [3.63, 3.8) is 0 Å². The molecule has 0 aliphatic heterocycles. The normalized spacial score (nSPS) is 14.7. The maximum Gasteiger partial charge on any atom is 0.331 e. The van der Waals surface area contributed by atoms with E-state index in [0.29, 0.717) is 0 Å². The van der Waals surface area contributed by atoms with Gasteiger partial charge in [-0.25, -0.2) is 0 Å². The molecule has 3 heteroatoms. The lowest BCUT2D eigenvalue weighted by molar-refractivity contribution is -0.0893. The van der Waals surface area contributed by atoms with Gasteiger partial charge in [-0.1, -0.05) is 92.7 Å². The maximum atomic E-state index is 10.6. The van der Waals surface area contributed by atoms with Crippen molar-refractivity contribution in [2.24, 2.45) is 0 Å². The van der Waals surface area contributed by atoms with E-state index in [2.05, 4.69) is 92.7 Å². The molecule has 1 aliphatic rings. The van der Waals surface area contributed by atoms with E-state index in [1.54, 1.807) is 13.8 Å². The first kappa shape index (κ1) is 22.9. The highest BCUT2D eigenvalue weighted by atomic mass is 16.5. The van der Waals surface area contributed by atoms with Crippen molar-refractivity contribution in [1.82, 2.24) is 0 Å². The minimum atomic E-state index is -0.989. The van der Waals surface area contributed by atoms with Crippen LogP contribution in [0.4, 0.5) is 0 Å². The largest absolute Gasteiger partial charge is 0.427 e. The quantitative estimate of drug-likeness (QED) is 0.348. The zero-order chi connectivity index (χ0) is 24.3. The van der Waals surface area contributed by atoms with Crippen LogP contribution in [0.15, 0.2) is 78.9 Å². The topological polar surface area (TPSA) is 29.5 Å². The Balaban J connectivity index is 1.75. The molecule has 1 aliphatic carbocycles. The molecule has 0 spiro atoms. The highest BCUT2D eigenvalue weighted by molar-refractivity contribution is 6.51. The summed E-state index contributed by atoms with van der Waals surface area (Å²) in [6.07, 6.45) is 0. The van der Waals surface area contributed by atoms with Gasteiger partial charge in [-0.2, -0.15) is 0 Å². The Morgan fingerprint density at radius 3 is 2.12 bits per heavy atom. The van der Waals surface area contributed by atoms with Gasteiger partial charge >= 0.3 is 7.48 Å². The van der Waals surface area contributed by atoms with Gasteiger partial charge in [0.2, 0.25) is 0 Å². The molecule has 5 rings (SSSR count). The van der Waals surface area contributed by atoms with Crippen molar-refractivity contribution in [3.8, 4) is 22.3 Å². The minimum Gasteiger partial charge on any atom is -0.427 e. The Bertz CT molecular complexity index is 1390. The molecule has 0 bridgehead atoms. The number of rotatable bonds is 5. The smallest absolute Gasteiger partial charge is 0.331 e. The SMILES string of the molecule is CC1(C)c2ccccc2-c2c(-c3c([B]OC(C)(C)C(C)(C)O)ccc4ccccc34)cccc21. The van der Waals surface area contributed by atoms with Crippen LogP contribution in [-0.2, 0) is 10.1 Å². The van der Waals surface area contributed by atoms with Gasteiger partial charge in [0, 0.05) is 5.41 Å². The Kier molecular flexibility index (Phi) is 5.27. The summed E-state index contributed by atoms with van der Waals surface area (Å²) >= 11 is 0. The molecule has 0 aromatic heterocycles. The fourth-order valence-corrected chi connectivity index (χ4v) is 5.01. The van der Waals surface area contributed by atoms with Gasteiger partial charge in [0.15, 0.2) is 0 Å². The van der Waals surface area contributed by atoms with Crippen molar-refractivity contribution in [3.05, 3.63) is 90.0 Å². The van der Waals surface area contributed by atoms with Crippen LogP contribution in [0, 0.1) is 0 Å². The summed E-state index contributed by atoms with van der Waals surface area (Å²) in [5.41, 5.74) is 6.90. The first-order valence-corrected chi connectivity index (χ1v) is 12.0. The van der Waals surface area contributed by atoms with Crippen molar-refractivity contribution in [2.75, 3.05) is 0 Å². The van der Waals surface area contributed by atoms with E-state index >= 15 is 0 Å². The number of hydrogen-bond donors (Lipinski definition) is 1. The molecule has 0 saturated heterocycles. The standard InChI is InChI=1S/C31H32BO2/c1-29(2)24-16-10-9-14-22(24)27-23(15-11-17-25(27)29)28-21-13-8-7-12-20(21)18-19-26(28)32-34-31(5,6)30(3,4)33/h7-19,33H,1-6H3. The van der Waals surface area contributed by atoms with E-state index in [0.717, 1.165) is 11.0 Å². The van der Waals surface area contributed by atoms with Gasteiger partial charge in [-0.15, -0.1) is 0 Å². The van der Waals surface area contributed by atoms with Crippen molar-refractivity contribution >= 4 is 23.7 Å². The minimum absolute atomic E-state index is 0.0597. The molecule has 171 valence electrons. The summed E-state index contributed by atoms with van der Waals surface area (Å²) in [6.45, 7) is 12.0. The molecule has 1 N–H and O–H groups in total. The second-order valence-corrected chi connectivity index (χ2v) is 11.0. The van der Waals surface area contributed by atoms with Gasteiger partial charge in [0.1, 0.15) is 0 Å². The van der Waals surface area contributed by atoms with E-state index in [1.165, 1.54) is 38.6 Å². The summed E-state index contributed by atoms with van der Waals surface area (Å²) in [4.78, 5) is 0. The second-order valence-electron chi connectivity index (χ2n) is 11.0. The predicted octanol–water partition coefficient (Wildman–Crippen LogP) is 6.62. The molecule has 1 radical (unpaired) electrons. The summed E-state index contributed by atoms with van der Waals surface area (Å²) in [5.74, 6) is 0. The number of fused-ring (bicyclic) bond motifs is 4. The fourth-order valence-electron chi connectivity index (χ4n) is 5.01. The highest BCUT2D eigenvalue weighted by Gasteiger charge is 2.38. The molecule has 34 heavy (non-hydrogen) atoms. The Morgan fingerprint density at radius 2 is 1.35 bits per heavy atom. The Labute approximate surface area is 203 Å². The van der Waals surface area contributed by atoms with Crippen molar-refractivity contribution in [2.45, 2.75) is 58.2 Å². The Morgan fingerprint density at radius 1 is 0.706 bits per heavy atom. The van der Waals surface area contributed by atoms with Gasteiger partial charge in [-0.05, 0) is 77.3 Å².